The van der Waals surface area contributed by atoms with E-state index in [0.29, 0.717) is 29.0 Å². The van der Waals surface area contributed by atoms with Crippen LogP contribution < -0.4 is 0 Å². The SMILES string of the molecule is CC(C)C1CCC(Br)C(Cc2cc(F)cc([N+](=O)[O-])c2)C1. The molecule has 2 rings (SSSR count). The fourth-order valence-corrected chi connectivity index (χ4v) is 3.91. The highest BCUT2D eigenvalue weighted by Gasteiger charge is 2.30. The Balaban J connectivity index is 2.14. The predicted molar refractivity (Wildman–Crippen MR) is 85.1 cm³/mol. The molecule has 5 heteroatoms. The van der Waals surface area contributed by atoms with Crippen LogP contribution in [0.5, 0.6) is 0 Å². The number of hydrogen-bond donors (Lipinski definition) is 0. The van der Waals surface area contributed by atoms with Crippen LogP contribution in [0.2, 0.25) is 0 Å². The second kappa shape index (κ2) is 6.86. The Morgan fingerprint density at radius 3 is 2.71 bits per heavy atom. The molecule has 0 aliphatic heterocycles. The Hall–Kier alpha value is -0.970. The van der Waals surface area contributed by atoms with Crippen LogP contribution in [0.25, 0.3) is 0 Å². The average molecular weight is 358 g/mol. The molecule has 1 aromatic carbocycles. The minimum Gasteiger partial charge on any atom is -0.258 e. The van der Waals surface area contributed by atoms with E-state index in [1.54, 1.807) is 0 Å². The van der Waals surface area contributed by atoms with Gasteiger partial charge < -0.3 is 0 Å². The molecule has 0 heterocycles. The van der Waals surface area contributed by atoms with Crippen LogP contribution in [0.4, 0.5) is 10.1 Å². The molecular weight excluding hydrogens is 337 g/mol. The van der Waals surface area contributed by atoms with Crippen LogP contribution in [-0.4, -0.2) is 9.75 Å². The van der Waals surface area contributed by atoms with E-state index in [9.17, 15) is 14.5 Å². The van der Waals surface area contributed by atoms with Gasteiger partial charge in [-0.2, -0.15) is 0 Å². The highest BCUT2D eigenvalue weighted by molar-refractivity contribution is 9.09. The summed E-state index contributed by atoms with van der Waals surface area (Å²) in [6.45, 7) is 4.48. The lowest BCUT2D eigenvalue weighted by Gasteiger charge is -2.35. The van der Waals surface area contributed by atoms with E-state index in [2.05, 4.69) is 29.8 Å². The lowest BCUT2D eigenvalue weighted by atomic mass is 9.74. The zero-order chi connectivity index (χ0) is 15.6. The Labute approximate surface area is 133 Å². The van der Waals surface area contributed by atoms with Crippen molar-refractivity contribution in [3.8, 4) is 0 Å². The first-order valence-corrected chi connectivity index (χ1v) is 8.36. The third-order valence-electron chi connectivity index (χ3n) is 4.52. The van der Waals surface area contributed by atoms with Crippen molar-refractivity contribution in [3.05, 3.63) is 39.7 Å². The van der Waals surface area contributed by atoms with Gasteiger partial charge in [0.2, 0.25) is 0 Å². The lowest BCUT2D eigenvalue weighted by Crippen LogP contribution is -2.29. The standard InChI is InChI=1S/C16H21BrFNO2/c1-10(2)12-3-4-16(17)13(8-12)5-11-6-14(18)9-15(7-11)19(20)21/h6-7,9-10,12-13,16H,3-5,8H2,1-2H3. The quantitative estimate of drug-likeness (QED) is 0.426. The minimum absolute atomic E-state index is 0.160. The molecule has 1 aliphatic carbocycles. The number of halogens is 2. The van der Waals surface area contributed by atoms with E-state index >= 15 is 0 Å². The van der Waals surface area contributed by atoms with E-state index in [0.717, 1.165) is 24.5 Å². The first-order valence-electron chi connectivity index (χ1n) is 7.44. The third kappa shape index (κ3) is 4.25. The largest absolute Gasteiger partial charge is 0.272 e. The van der Waals surface area contributed by atoms with Gasteiger partial charge in [0.25, 0.3) is 5.69 Å². The summed E-state index contributed by atoms with van der Waals surface area (Å²) in [5, 5.41) is 10.8. The van der Waals surface area contributed by atoms with Crippen LogP contribution >= 0.6 is 15.9 Å². The van der Waals surface area contributed by atoms with Crippen molar-refractivity contribution in [2.24, 2.45) is 17.8 Å². The van der Waals surface area contributed by atoms with Crippen molar-refractivity contribution >= 4 is 21.6 Å². The van der Waals surface area contributed by atoms with Gasteiger partial charge in [-0.3, -0.25) is 10.1 Å². The van der Waals surface area contributed by atoms with Crippen molar-refractivity contribution < 1.29 is 9.31 Å². The van der Waals surface area contributed by atoms with Gasteiger partial charge in [0, 0.05) is 10.9 Å². The van der Waals surface area contributed by atoms with Crippen molar-refractivity contribution in [1.29, 1.82) is 0 Å². The molecule has 3 atom stereocenters. The Morgan fingerprint density at radius 1 is 1.38 bits per heavy atom. The topological polar surface area (TPSA) is 43.1 Å². The van der Waals surface area contributed by atoms with Crippen LogP contribution in [0.15, 0.2) is 18.2 Å². The molecule has 1 aromatic rings. The molecule has 21 heavy (non-hydrogen) atoms. The monoisotopic (exact) mass is 357 g/mol. The lowest BCUT2D eigenvalue weighted by molar-refractivity contribution is -0.385. The van der Waals surface area contributed by atoms with Gasteiger partial charge in [0.1, 0.15) is 5.82 Å². The molecule has 0 aromatic heterocycles. The number of non-ortho nitro benzene ring substituents is 1. The summed E-state index contributed by atoms with van der Waals surface area (Å²) in [4.78, 5) is 10.7. The normalized spacial score (nSPS) is 26.0. The first-order chi connectivity index (χ1) is 9.86. The maximum Gasteiger partial charge on any atom is 0.272 e. The summed E-state index contributed by atoms with van der Waals surface area (Å²) in [6, 6.07) is 3.90. The number of rotatable bonds is 4. The number of nitrogens with zero attached hydrogens (tertiary/aromatic N) is 1. The fourth-order valence-electron chi connectivity index (χ4n) is 3.24. The summed E-state index contributed by atoms with van der Waals surface area (Å²) in [6.07, 6.45) is 4.12. The third-order valence-corrected chi connectivity index (χ3v) is 5.73. The van der Waals surface area contributed by atoms with E-state index in [1.165, 1.54) is 18.6 Å². The Morgan fingerprint density at radius 2 is 2.10 bits per heavy atom. The van der Waals surface area contributed by atoms with Crippen LogP contribution in [0, 0.1) is 33.7 Å². The zero-order valence-electron chi connectivity index (χ0n) is 12.4. The number of nitro groups is 1. The molecule has 116 valence electrons. The van der Waals surface area contributed by atoms with Gasteiger partial charge in [-0.05, 0) is 55.1 Å². The maximum atomic E-state index is 13.5. The zero-order valence-corrected chi connectivity index (χ0v) is 14.0. The molecule has 0 radical (unpaired) electrons. The average Bonchev–Trinajstić information content (AvgIpc) is 2.40. The fraction of sp³-hybridized carbons (Fsp3) is 0.625. The molecule has 0 amide bonds. The molecule has 0 bridgehead atoms. The summed E-state index contributed by atoms with van der Waals surface area (Å²) < 4.78 is 13.5. The Kier molecular flexibility index (Phi) is 5.36. The first kappa shape index (κ1) is 16.4. The summed E-state index contributed by atoms with van der Waals surface area (Å²) in [7, 11) is 0. The Bertz CT molecular complexity index is 521. The second-order valence-electron chi connectivity index (χ2n) is 6.37. The molecule has 1 fully saturated rings. The van der Waals surface area contributed by atoms with Gasteiger partial charge >= 0.3 is 0 Å². The van der Waals surface area contributed by atoms with Crippen LogP contribution in [0.1, 0.15) is 38.7 Å². The number of benzene rings is 1. The molecule has 0 spiro atoms. The molecule has 1 saturated carbocycles. The number of hydrogen-bond acceptors (Lipinski definition) is 2. The molecule has 3 nitrogen and oxygen atoms in total. The van der Waals surface area contributed by atoms with Crippen molar-refractivity contribution in [2.75, 3.05) is 0 Å². The summed E-state index contributed by atoms with van der Waals surface area (Å²) in [5.41, 5.74) is 0.563. The number of nitro benzene ring substituents is 1. The maximum absolute atomic E-state index is 13.5. The van der Waals surface area contributed by atoms with E-state index in [1.807, 2.05) is 0 Å². The van der Waals surface area contributed by atoms with E-state index < -0.39 is 10.7 Å². The van der Waals surface area contributed by atoms with Gasteiger partial charge in [0.05, 0.1) is 11.0 Å². The smallest absolute Gasteiger partial charge is 0.258 e. The van der Waals surface area contributed by atoms with Crippen LogP contribution in [0.3, 0.4) is 0 Å². The molecule has 3 unspecified atom stereocenters. The van der Waals surface area contributed by atoms with Crippen molar-refractivity contribution in [1.82, 2.24) is 0 Å². The molecule has 0 saturated heterocycles. The van der Waals surface area contributed by atoms with Crippen LogP contribution in [-0.2, 0) is 6.42 Å². The summed E-state index contributed by atoms with van der Waals surface area (Å²) >= 11 is 3.73. The predicted octanol–water partition coefficient (Wildman–Crippen LogP) is 5.11. The van der Waals surface area contributed by atoms with E-state index in [4.69, 9.17) is 0 Å². The van der Waals surface area contributed by atoms with Gasteiger partial charge in [-0.15, -0.1) is 0 Å². The molecular formula is C16H21BrFNO2. The molecule has 0 N–H and O–H groups in total. The highest BCUT2D eigenvalue weighted by atomic mass is 79.9. The van der Waals surface area contributed by atoms with Gasteiger partial charge in [0.15, 0.2) is 0 Å². The van der Waals surface area contributed by atoms with Gasteiger partial charge in [-0.25, -0.2) is 4.39 Å². The van der Waals surface area contributed by atoms with E-state index in [-0.39, 0.29) is 5.69 Å². The van der Waals surface area contributed by atoms with Crippen molar-refractivity contribution in [3.63, 3.8) is 0 Å². The van der Waals surface area contributed by atoms with Crippen molar-refractivity contribution in [2.45, 2.75) is 44.4 Å². The number of alkyl halides is 1. The molecule has 1 aliphatic rings. The second-order valence-corrected chi connectivity index (χ2v) is 7.55. The summed E-state index contributed by atoms with van der Waals surface area (Å²) in [5.74, 6) is 1.22. The highest BCUT2D eigenvalue weighted by Crippen LogP contribution is 2.39. The minimum atomic E-state index is -0.532. The van der Waals surface area contributed by atoms with Gasteiger partial charge in [-0.1, -0.05) is 29.8 Å².